The molecule has 4 heterocycles. The van der Waals surface area contributed by atoms with Gasteiger partial charge in [-0.3, -0.25) is 24.5 Å². The Morgan fingerprint density at radius 3 is 2.61 bits per heavy atom. The Kier molecular flexibility index (Phi) is 4.95. The average molecular weight is 412 g/mol. The highest BCUT2D eigenvalue weighted by molar-refractivity contribution is 5.97. The van der Waals surface area contributed by atoms with Gasteiger partial charge in [-0.15, -0.1) is 0 Å². The van der Waals surface area contributed by atoms with Crippen molar-refractivity contribution in [3.8, 4) is 11.3 Å². The van der Waals surface area contributed by atoms with Crippen LogP contribution in [0.15, 0.2) is 72.0 Å². The monoisotopic (exact) mass is 412 g/mol. The van der Waals surface area contributed by atoms with Crippen LogP contribution in [0.25, 0.3) is 22.3 Å². The highest BCUT2D eigenvalue weighted by Gasteiger charge is 2.30. The van der Waals surface area contributed by atoms with E-state index in [4.69, 9.17) is 0 Å². The first-order chi connectivity index (χ1) is 15.2. The quantitative estimate of drug-likeness (QED) is 0.511. The maximum atomic E-state index is 13.2. The van der Waals surface area contributed by atoms with Gasteiger partial charge in [-0.05, 0) is 49.2 Å². The van der Waals surface area contributed by atoms with E-state index < -0.39 is 0 Å². The molecule has 0 bridgehead atoms. The van der Waals surface area contributed by atoms with Crippen molar-refractivity contribution in [2.24, 2.45) is 0 Å². The zero-order valence-corrected chi connectivity index (χ0v) is 16.8. The summed E-state index contributed by atoms with van der Waals surface area (Å²) in [6, 6.07) is 12.2. The fourth-order valence-electron chi connectivity index (χ4n) is 4.01. The van der Waals surface area contributed by atoms with E-state index in [1.165, 1.54) is 10.7 Å². The molecule has 5 rings (SSSR count). The third-order valence-electron chi connectivity index (χ3n) is 5.58. The Hall–Kier alpha value is -3.94. The van der Waals surface area contributed by atoms with Crippen molar-refractivity contribution in [2.75, 3.05) is 6.54 Å². The van der Waals surface area contributed by atoms with Crippen LogP contribution in [0, 0.1) is 0 Å². The van der Waals surface area contributed by atoms with Gasteiger partial charge in [0, 0.05) is 48.5 Å². The average Bonchev–Trinajstić information content (AvgIpc) is 3.28. The number of rotatable bonds is 4. The van der Waals surface area contributed by atoms with Gasteiger partial charge in [-0.2, -0.15) is 5.10 Å². The molecule has 1 aliphatic heterocycles. The summed E-state index contributed by atoms with van der Waals surface area (Å²) in [6.07, 6.45) is 8.35. The molecule has 0 saturated carbocycles. The maximum absolute atomic E-state index is 13.2. The number of amides is 1. The fourth-order valence-corrected chi connectivity index (χ4v) is 4.01. The Balaban J connectivity index is 1.40. The predicted octanol–water partition coefficient (Wildman–Crippen LogP) is 2.55. The molecule has 154 valence electrons. The van der Waals surface area contributed by atoms with Crippen LogP contribution in [0.4, 0.5) is 0 Å². The number of hydrogen-bond acceptors (Lipinski definition) is 6. The number of benzene rings is 1. The molecule has 8 nitrogen and oxygen atoms in total. The minimum atomic E-state index is -0.182. The van der Waals surface area contributed by atoms with Crippen molar-refractivity contribution in [3.05, 3.63) is 83.2 Å². The van der Waals surface area contributed by atoms with Gasteiger partial charge in [-0.25, -0.2) is 4.68 Å². The molecule has 0 aliphatic carbocycles. The van der Waals surface area contributed by atoms with Crippen LogP contribution in [-0.4, -0.2) is 48.1 Å². The van der Waals surface area contributed by atoms with E-state index in [0.717, 1.165) is 23.9 Å². The third-order valence-corrected chi connectivity index (χ3v) is 5.58. The number of hydrogen-bond donors (Lipinski definition) is 0. The van der Waals surface area contributed by atoms with Gasteiger partial charge in [0.05, 0.1) is 29.3 Å². The van der Waals surface area contributed by atoms with Gasteiger partial charge in [-0.1, -0.05) is 0 Å². The first-order valence-electron chi connectivity index (χ1n) is 10.2. The van der Waals surface area contributed by atoms with E-state index in [1.54, 1.807) is 43.0 Å². The second kappa shape index (κ2) is 8.06. The number of nitrogens with zero attached hydrogens (tertiary/aromatic N) is 6. The summed E-state index contributed by atoms with van der Waals surface area (Å²) in [5.41, 5.74) is 3.42. The van der Waals surface area contributed by atoms with Crippen LogP contribution >= 0.6 is 0 Å². The van der Waals surface area contributed by atoms with E-state index in [1.807, 2.05) is 23.1 Å². The molecule has 1 aliphatic rings. The molecular weight excluding hydrogens is 392 g/mol. The summed E-state index contributed by atoms with van der Waals surface area (Å²) in [5.74, 6) is -0.0617. The Morgan fingerprint density at radius 1 is 0.968 bits per heavy atom. The van der Waals surface area contributed by atoms with E-state index in [2.05, 4.69) is 20.1 Å². The summed E-state index contributed by atoms with van der Waals surface area (Å²) in [6.45, 7) is 1.01. The molecule has 1 atom stereocenters. The third kappa shape index (κ3) is 3.79. The highest BCUT2D eigenvalue weighted by Crippen LogP contribution is 2.23. The summed E-state index contributed by atoms with van der Waals surface area (Å²) in [7, 11) is 0. The number of likely N-dealkylation sites (tertiary alicyclic amines) is 1. The molecule has 0 spiro atoms. The van der Waals surface area contributed by atoms with Gasteiger partial charge < -0.3 is 4.90 Å². The van der Waals surface area contributed by atoms with Crippen LogP contribution in [-0.2, 0) is 6.54 Å². The standard InChI is InChI=1S/C23H20N6O2/c30-22-6-5-19(16-7-9-24-10-8-16)27-29(22)15-18-2-1-13-28(18)23(31)17-3-4-20-21(14-17)26-12-11-25-20/h3-12,14,18H,1-2,13,15H2. The zero-order valence-electron chi connectivity index (χ0n) is 16.8. The molecule has 1 fully saturated rings. The fraction of sp³-hybridized carbons (Fsp3) is 0.217. The number of fused-ring (bicyclic) bond motifs is 1. The van der Waals surface area contributed by atoms with E-state index in [9.17, 15) is 9.59 Å². The number of carbonyl (C=O) groups is 1. The molecule has 31 heavy (non-hydrogen) atoms. The Bertz CT molecular complexity index is 1300. The van der Waals surface area contributed by atoms with Crippen molar-refractivity contribution < 1.29 is 4.79 Å². The van der Waals surface area contributed by atoms with E-state index in [-0.39, 0.29) is 17.5 Å². The Labute approximate surface area is 178 Å². The van der Waals surface area contributed by atoms with Gasteiger partial charge >= 0.3 is 0 Å². The van der Waals surface area contributed by atoms with Crippen LogP contribution in [0.5, 0.6) is 0 Å². The molecule has 4 aromatic rings. The molecule has 1 aromatic carbocycles. The number of pyridine rings is 1. The summed E-state index contributed by atoms with van der Waals surface area (Å²) in [4.78, 5) is 40.1. The lowest BCUT2D eigenvalue weighted by molar-refractivity contribution is 0.0720. The predicted molar refractivity (Wildman–Crippen MR) is 115 cm³/mol. The van der Waals surface area contributed by atoms with Crippen molar-refractivity contribution in [2.45, 2.75) is 25.4 Å². The van der Waals surface area contributed by atoms with Crippen LogP contribution in [0.2, 0.25) is 0 Å². The molecule has 3 aromatic heterocycles. The van der Waals surface area contributed by atoms with Crippen LogP contribution < -0.4 is 5.56 Å². The molecule has 0 radical (unpaired) electrons. The topological polar surface area (TPSA) is 93.9 Å². The first kappa shape index (κ1) is 19.0. The molecule has 1 amide bonds. The van der Waals surface area contributed by atoms with Crippen molar-refractivity contribution >= 4 is 16.9 Å². The minimum Gasteiger partial charge on any atom is -0.334 e. The number of aromatic nitrogens is 5. The second-order valence-corrected chi connectivity index (χ2v) is 7.53. The largest absolute Gasteiger partial charge is 0.334 e. The first-order valence-corrected chi connectivity index (χ1v) is 10.2. The lowest BCUT2D eigenvalue weighted by Crippen LogP contribution is -2.40. The van der Waals surface area contributed by atoms with Crippen LogP contribution in [0.1, 0.15) is 23.2 Å². The molecule has 1 saturated heterocycles. The molecule has 1 unspecified atom stereocenters. The van der Waals surface area contributed by atoms with Gasteiger partial charge in [0.25, 0.3) is 11.5 Å². The summed E-state index contributed by atoms with van der Waals surface area (Å²) < 4.78 is 1.46. The van der Waals surface area contributed by atoms with E-state index in [0.29, 0.717) is 29.9 Å². The van der Waals surface area contributed by atoms with Crippen molar-refractivity contribution in [3.63, 3.8) is 0 Å². The smallest absolute Gasteiger partial charge is 0.266 e. The van der Waals surface area contributed by atoms with Crippen molar-refractivity contribution in [1.82, 2.24) is 29.6 Å². The lowest BCUT2D eigenvalue weighted by atomic mass is 10.1. The van der Waals surface area contributed by atoms with E-state index >= 15 is 0 Å². The second-order valence-electron chi connectivity index (χ2n) is 7.53. The number of carbonyl (C=O) groups excluding carboxylic acids is 1. The maximum Gasteiger partial charge on any atom is 0.266 e. The highest BCUT2D eigenvalue weighted by atomic mass is 16.2. The van der Waals surface area contributed by atoms with Gasteiger partial charge in [0.15, 0.2) is 0 Å². The normalized spacial score (nSPS) is 16.0. The zero-order chi connectivity index (χ0) is 21.2. The summed E-state index contributed by atoms with van der Waals surface area (Å²) in [5, 5.41) is 4.53. The van der Waals surface area contributed by atoms with Crippen molar-refractivity contribution in [1.29, 1.82) is 0 Å². The molecule has 0 N–H and O–H groups in total. The summed E-state index contributed by atoms with van der Waals surface area (Å²) >= 11 is 0. The molecule has 8 heteroatoms. The van der Waals surface area contributed by atoms with Gasteiger partial charge in [0.2, 0.25) is 0 Å². The van der Waals surface area contributed by atoms with Crippen LogP contribution in [0.3, 0.4) is 0 Å². The molecular formula is C23H20N6O2. The lowest BCUT2D eigenvalue weighted by Gasteiger charge is -2.25. The Morgan fingerprint density at radius 2 is 1.77 bits per heavy atom. The minimum absolute atomic E-state index is 0.0617. The SMILES string of the molecule is O=C(c1ccc2nccnc2c1)N1CCCC1Cn1nc(-c2ccncc2)ccc1=O. The van der Waals surface area contributed by atoms with Gasteiger partial charge in [0.1, 0.15) is 0 Å².